The predicted molar refractivity (Wildman–Crippen MR) is 65.3 cm³/mol. The van der Waals surface area contributed by atoms with E-state index in [0.29, 0.717) is 0 Å². The molecule has 0 amide bonds. The number of hydrogen-bond donors (Lipinski definition) is 2. The molecule has 2 N–H and O–H groups in total. The van der Waals surface area contributed by atoms with E-state index >= 15 is 0 Å². The molecular weight excluding hydrogens is 203 g/mol. The highest BCUT2D eigenvalue weighted by molar-refractivity contribution is 4.89. The van der Waals surface area contributed by atoms with Gasteiger partial charge in [-0.1, -0.05) is 13.3 Å². The van der Waals surface area contributed by atoms with Crippen LogP contribution in [0.25, 0.3) is 0 Å². The predicted octanol–water partition coefficient (Wildman–Crippen LogP) is 2.10. The summed E-state index contributed by atoms with van der Waals surface area (Å²) in [7, 11) is 0. The summed E-state index contributed by atoms with van der Waals surface area (Å²) in [6.07, 6.45) is 5.00. The van der Waals surface area contributed by atoms with E-state index in [9.17, 15) is 4.39 Å². The first-order valence-corrected chi connectivity index (χ1v) is 6.89. The Balaban J connectivity index is 1.84. The minimum Gasteiger partial charge on any atom is -0.316 e. The van der Waals surface area contributed by atoms with Gasteiger partial charge in [-0.15, -0.1) is 0 Å². The lowest BCUT2D eigenvalue weighted by Gasteiger charge is -2.36. The third-order valence-electron chi connectivity index (χ3n) is 4.29. The van der Waals surface area contributed by atoms with E-state index in [-0.39, 0.29) is 12.0 Å². The second-order valence-corrected chi connectivity index (χ2v) is 5.41. The van der Waals surface area contributed by atoms with Crippen molar-refractivity contribution in [1.82, 2.24) is 10.6 Å². The van der Waals surface area contributed by atoms with Crippen molar-refractivity contribution >= 4 is 0 Å². The van der Waals surface area contributed by atoms with E-state index in [1.807, 2.05) is 0 Å². The maximum atomic E-state index is 14.4. The highest BCUT2D eigenvalue weighted by Gasteiger charge is 2.33. The van der Waals surface area contributed by atoms with Crippen LogP contribution in [0.15, 0.2) is 0 Å². The molecule has 2 aliphatic heterocycles. The normalized spacial score (nSPS) is 38.2. The maximum absolute atomic E-state index is 14.4. The van der Waals surface area contributed by atoms with Crippen LogP contribution >= 0.6 is 0 Å². The molecule has 2 saturated heterocycles. The number of nitrogens with one attached hydrogen (secondary N) is 2. The molecule has 94 valence electrons. The number of alkyl halides is 1. The van der Waals surface area contributed by atoms with Crippen molar-refractivity contribution in [2.75, 3.05) is 19.6 Å². The van der Waals surface area contributed by atoms with E-state index in [1.165, 1.54) is 12.8 Å². The molecule has 2 nitrogen and oxygen atoms in total. The van der Waals surface area contributed by atoms with Gasteiger partial charge in [0.2, 0.25) is 0 Å². The second-order valence-electron chi connectivity index (χ2n) is 5.41. The van der Waals surface area contributed by atoms with Crippen molar-refractivity contribution in [3.05, 3.63) is 0 Å². The van der Waals surface area contributed by atoms with E-state index in [2.05, 4.69) is 17.6 Å². The third-order valence-corrected chi connectivity index (χ3v) is 4.29. The van der Waals surface area contributed by atoms with E-state index < -0.39 is 6.17 Å². The van der Waals surface area contributed by atoms with Gasteiger partial charge in [0.1, 0.15) is 6.17 Å². The van der Waals surface area contributed by atoms with Gasteiger partial charge in [0, 0.05) is 18.5 Å². The average Bonchev–Trinajstić information content (AvgIpc) is 2.39. The minimum atomic E-state index is -0.651. The van der Waals surface area contributed by atoms with Crippen LogP contribution in [0.4, 0.5) is 4.39 Å². The van der Waals surface area contributed by atoms with E-state index in [1.54, 1.807) is 0 Å². The summed E-state index contributed by atoms with van der Waals surface area (Å²) in [4.78, 5) is 0. The lowest BCUT2D eigenvalue weighted by molar-refractivity contribution is 0.114. The number of rotatable bonds is 3. The molecule has 0 aromatic heterocycles. The zero-order valence-electron chi connectivity index (χ0n) is 10.3. The lowest BCUT2D eigenvalue weighted by Crippen LogP contribution is -2.49. The molecule has 3 heteroatoms. The molecule has 0 bridgehead atoms. The van der Waals surface area contributed by atoms with Crippen LogP contribution in [0.1, 0.15) is 39.0 Å². The maximum Gasteiger partial charge on any atom is 0.119 e. The number of hydrogen-bond acceptors (Lipinski definition) is 2. The van der Waals surface area contributed by atoms with Crippen LogP contribution in [-0.4, -0.2) is 31.8 Å². The number of piperidine rings is 2. The fourth-order valence-electron chi connectivity index (χ4n) is 3.13. The van der Waals surface area contributed by atoms with Crippen molar-refractivity contribution < 1.29 is 4.39 Å². The molecule has 2 fully saturated rings. The van der Waals surface area contributed by atoms with Crippen LogP contribution in [-0.2, 0) is 0 Å². The topological polar surface area (TPSA) is 24.1 Å². The van der Waals surface area contributed by atoms with E-state index in [4.69, 9.17) is 0 Å². The van der Waals surface area contributed by atoms with Gasteiger partial charge in [-0.3, -0.25) is 0 Å². The molecule has 0 aromatic carbocycles. The fraction of sp³-hybridized carbons (Fsp3) is 1.00. The Labute approximate surface area is 98.4 Å². The molecular formula is C13H25FN2. The zero-order valence-corrected chi connectivity index (χ0v) is 10.3. The quantitative estimate of drug-likeness (QED) is 0.773. The highest BCUT2D eigenvalue weighted by Crippen LogP contribution is 2.27. The van der Waals surface area contributed by atoms with Gasteiger partial charge in [-0.05, 0) is 44.7 Å². The fourth-order valence-corrected chi connectivity index (χ4v) is 3.13. The van der Waals surface area contributed by atoms with Crippen molar-refractivity contribution in [2.24, 2.45) is 11.8 Å². The van der Waals surface area contributed by atoms with Crippen LogP contribution < -0.4 is 10.6 Å². The van der Waals surface area contributed by atoms with Gasteiger partial charge < -0.3 is 10.6 Å². The minimum absolute atomic E-state index is 0.114. The molecule has 0 spiro atoms. The van der Waals surface area contributed by atoms with Gasteiger partial charge in [0.25, 0.3) is 0 Å². The summed E-state index contributed by atoms with van der Waals surface area (Å²) < 4.78 is 14.4. The first-order chi connectivity index (χ1) is 7.81. The molecule has 2 aliphatic rings. The molecule has 0 radical (unpaired) electrons. The molecule has 4 atom stereocenters. The van der Waals surface area contributed by atoms with Crippen LogP contribution in [0, 0.1) is 11.8 Å². The standard InChI is InChI=1S/C13H25FN2/c1-2-10-5-7-16-12(8-10)13(14)11-4-3-6-15-9-11/h10-13,15-16H,2-9H2,1H3. The van der Waals surface area contributed by atoms with E-state index in [0.717, 1.165) is 44.8 Å². The summed E-state index contributed by atoms with van der Waals surface area (Å²) in [5, 5.41) is 6.69. The summed E-state index contributed by atoms with van der Waals surface area (Å²) >= 11 is 0. The Morgan fingerprint density at radius 1 is 1.31 bits per heavy atom. The summed E-state index contributed by atoms with van der Waals surface area (Å²) in [5.41, 5.74) is 0. The Bertz CT molecular complexity index is 204. The van der Waals surface area contributed by atoms with Crippen molar-refractivity contribution in [1.29, 1.82) is 0 Å². The van der Waals surface area contributed by atoms with Gasteiger partial charge in [-0.2, -0.15) is 0 Å². The summed E-state index contributed by atoms with van der Waals surface area (Å²) in [6, 6.07) is 0.114. The third kappa shape index (κ3) is 2.95. The van der Waals surface area contributed by atoms with Crippen LogP contribution in [0.2, 0.25) is 0 Å². The molecule has 0 saturated carbocycles. The second kappa shape index (κ2) is 5.97. The lowest BCUT2D eigenvalue weighted by atomic mass is 9.83. The van der Waals surface area contributed by atoms with Gasteiger partial charge in [0.15, 0.2) is 0 Å². The van der Waals surface area contributed by atoms with Crippen molar-refractivity contribution in [3.63, 3.8) is 0 Å². The van der Waals surface area contributed by atoms with Gasteiger partial charge >= 0.3 is 0 Å². The summed E-state index contributed by atoms with van der Waals surface area (Å²) in [5.74, 6) is 0.975. The largest absolute Gasteiger partial charge is 0.316 e. The molecule has 2 rings (SSSR count). The highest BCUT2D eigenvalue weighted by atomic mass is 19.1. The van der Waals surface area contributed by atoms with Crippen LogP contribution in [0.3, 0.4) is 0 Å². The molecule has 16 heavy (non-hydrogen) atoms. The Morgan fingerprint density at radius 2 is 2.19 bits per heavy atom. The Morgan fingerprint density at radius 3 is 2.88 bits per heavy atom. The molecule has 4 unspecified atom stereocenters. The molecule has 0 aliphatic carbocycles. The van der Waals surface area contributed by atoms with Crippen molar-refractivity contribution in [3.8, 4) is 0 Å². The smallest absolute Gasteiger partial charge is 0.119 e. The van der Waals surface area contributed by atoms with Crippen LogP contribution in [0.5, 0.6) is 0 Å². The van der Waals surface area contributed by atoms with Gasteiger partial charge in [0.05, 0.1) is 0 Å². The molecule has 2 heterocycles. The average molecular weight is 228 g/mol. The first kappa shape index (κ1) is 12.3. The van der Waals surface area contributed by atoms with Crippen molar-refractivity contribution in [2.45, 2.75) is 51.2 Å². The summed E-state index contributed by atoms with van der Waals surface area (Å²) in [6.45, 7) is 5.17. The zero-order chi connectivity index (χ0) is 11.4. The monoisotopic (exact) mass is 228 g/mol. The van der Waals surface area contributed by atoms with Gasteiger partial charge in [-0.25, -0.2) is 4.39 Å². The Kier molecular flexibility index (Phi) is 4.59. The SMILES string of the molecule is CCC1CCNC(C(F)C2CCCNC2)C1. The number of halogens is 1. The first-order valence-electron chi connectivity index (χ1n) is 6.89. The molecule has 0 aromatic rings. The Hall–Kier alpha value is -0.150.